The number of rotatable bonds is 6. The molecule has 5 nitrogen and oxygen atoms in total. The number of ether oxygens (including phenoxy) is 2. The summed E-state index contributed by atoms with van der Waals surface area (Å²) >= 11 is 0. The average Bonchev–Trinajstić information content (AvgIpc) is 2.62. The van der Waals surface area contributed by atoms with Gasteiger partial charge in [-0.1, -0.05) is 38.8 Å². The minimum absolute atomic E-state index is 0.171. The van der Waals surface area contributed by atoms with E-state index in [2.05, 4.69) is 19.2 Å². The van der Waals surface area contributed by atoms with Crippen molar-refractivity contribution in [1.82, 2.24) is 5.32 Å². The molecular weight excluding hydrogens is 318 g/mol. The Balaban J connectivity index is 1.75. The highest BCUT2D eigenvalue weighted by molar-refractivity contribution is 5.89. The van der Waals surface area contributed by atoms with Crippen LogP contribution in [0.2, 0.25) is 0 Å². The molecule has 1 saturated carbocycles. The molecule has 0 saturated heterocycles. The predicted molar refractivity (Wildman–Crippen MR) is 97.1 cm³/mol. The van der Waals surface area contributed by atoms with Gasteiger partial charge in [-0.25, -0.2) is 4.79 Å². The Morgan fingerprint density at radius 3 is 2.60 bits per heavy atom. The molecule has 0 unspecified atom stereocenters. The van der Waals surface area contributed by atoms with Crippen LogP contribution in [0.5, 0.6) is 5.75 Å². The zero-order valence-corrected chi connectivity index (χ0v) is 15.2. The quantitative estimate of drug-likeness (QED) is 0.635. The first-order chi connectivity index (χ1) is 12.0. The highest BCUT2D eigenvalue weighted by Gasteiger charge is 2.28. The summed E-state index contributed by atoms with van der Waals surface area (Å²) in [6.45, 7) is 4.13. The topological polar surface area (TPSA) is 64.6 Å². The Bertz CT molecular complexity index is 609. The fourth-order valence-corrected chi connectivity index (χ4v) is 3.10. The first-order valence-corrected chi connectivity index (χ1v) is 8.78. The van der Waals surface area contributed by atoms with E-state index in [1.807, 2.05) is 24.3 Å². The van der Waals surface area contributed by atoms with Crippen LogP contribution in [0.15, 0.2) is 30.3 Å². The van der Waals surface area contributed by atoms with Gasteiger partial charge in [0.1, 0.15) is 5.75 Å². The van der Waals surface area contributed by atoms with Crippen LogP contribution >= 0.6 is 0 Å². The Kier molecular flexibility index (Phi) is 7.04. The SMILES string of the molecule is COc1ccc(/C=C/C(=O)OCC(=O)N[C@H]2CCC[C@@H](C)[C@@H]2C)cc1. The number of carbonyl (C=O) groups is 2. The molecule has 0 bridgehead atoms. The molecule has 0 aromatic heterocycles. The molecule has 3 atom stereocenters. The fraction of sp³-hybridized carbons (Fsp3) is 0.500. The van der Waals surface area contributed by atoms with E-state index in [-0.39, 0.29) is 18.6 Å². The van der Waals surface area contributed by atoms with Gasteiger partial charge in [-0.15, -0.1) is 0 Å². The van der Waals surface area contributed by atoms with E-state index < -0.39 is 5.97 Å². The van der Waals surface area contributed by atoms with E-state index >= 15 is 0 Å². The second-order valence-corrected chi connectivity index (χ2v) is 6.66. The fourth-order valence-electron chi connectivity index (χ4n) is 3.10. The van der Waals surface area contributed by atoms with Crippen molar-refractivity contribution in [2.24, 2.45) is 11.8 Å². The number of benzene rings is 1. The number of amides is 1. The van der Waals surface area contributed by atoms with Crippen LogP contribution in [-0.4, -0.2) is 31.6 Å². The number of hydrogen-bond acceptors (Lipinski definition) is 4. The lowest BCUT2D eigenvalue weighted by Gasteiger charge is -2.34. The number of methoxy groups -OCH3 is 1. The van der Waals surface area contributed by atoms with Crippen molar-refractivity contribution in [3.63, 3.8) is 0 Å². The molecule has 0 aliphatic heterocycles. The number of carbonyl (C=O) groups excluding carboxylic acids is 2. The van der Waals surface area contributed by atoms with Crippen LogP contribution in [0.25, 0.3) is 6.08 Å². The molecule has 2 rings (SSSR count). The highest BCUT2D eigenvalue weighted by atomic mass is 16.5. The molecule has 1 aromatic rings. The minimum Gasteiger partial charge on any atom is -0.497 e. The molecule has 1 fully saturated rings. The maximum atomic E-state index is 12.0. The van der Waals surface area contributed by atoms with E-state index in [9.17, 15) is 9.59 Å². The van der Waals surface area contributed by atoms with Gasteiger partial charge in [-0.2, -0.15) is 0 Å². The van der Waals surface area contributed by atoms with Crippen molar-refractivity contribution in [2.75, 3.05) is 13.7 Å². The summed E-state index contributed by atoms with van der Waals surface area (Å²) in [7, 11) is 1.60. The second kappa shape index (κ2) is 9.25. The van der Waals surface area contributed by atoms with Crippen molar-refractivity contribution >= 4 is 18.0 Å². The molecule has 1 aromatic carbocycles. The summed E-state index contributed by atoms with van der Waals surface area (Å²) in [5.41, 5.74) is 0.854. The summed E-state index contributed by atoms with van der Waals surface area (Å²) in [6, 6.07) is 7.46. The summed E-state index contributed by atoms with van der Waals surface area (Å²) < 4.78 is 10.1. The lowest BCUT2D eigenvalue weighted by atomic mass is 9.78. The summed E-state index contributed by atoms with van der Waals surface area (Å²) in [6.07, 6.45) is 6.28. The molecule has 0 heterocycles. The normalized spacial score (nSPS) is 23.2. The zero-order chi connectivity index (χ0) is 18.2. The Labute approximate surface area is 149 Å². The molecule has 1 N–H and O–H groups in total. The molecule has 136 valence electrons. The third-order valence-corrected chi connectivity index (χ3v) is 4.93. The third-order valence-electron chi connectivity index (χ3n) is 4.93. The smallest absolute Gasteiger partial charge is 0.331 e. The maximum Gasteiger partial charge on any atom is 0.331 e. The molecule has 0 radical (unpaired) electrons. The average molecular weight is 345 g/mol. The van der Waals surface area contributed by atoms with Crippen LogP contribution in [0.1, 0.15) is 38.7 Å². The maximum absolute atomic E-state index is 12.0. The van der Waals surface area contributed by atoms with Crippen LogP contribution < -0.4 is 10.1 Å². The van der Waals surface area contributed by atoms with Crippen molar-refractivity contribution in [2.45, 2.75) is 39.2 Å². The van der Waals surface area contributed by atoms with Crippen molar-refractivity contribution in [1.29, 1.82) is 0 Å². The largest absolute Gasteiger partial charge is 0.497 e. The predicted octanol–water partition coefficient (Wildman–Crippen LogP) is 3.19. The number of nitrogens with one attached hydrogen (secondary N) is 1. The minimum atomic E-state index is -0.531. The molecule has 1 aliphatic carbocycles. The van der Waals surface area contributed by atoms with Gasteiger partial charge in [-0.05, 0) is 42.0 Å². The van der Waals surface area contributed by atoms with Gasteiger partial charge in [-0.3, -0.25) is 4.79 Å². The van der Waals surface area contributed by atoms with E-state index in [1.165, 1.54) is 12.5 Å². The van der Waals surface area contributed by atoms with Gasteiger partial charge in [0, 0.05) is 12.1 Å². The number of esters is 1. The van der Waals surface area contributed by atoms with Gasteiger partial charge in [0.2, 0.25) is 0 Å². The van der Waals surface area contributed by atoms with Crippen LogP contribution in [0.4, 0.5) is 0 Å². The Morgan fingerprint density at radius 1 is 1.20 bits per heavy atom. The highest BCUT2D eigenvalue weighted by Crippen LogP contribution is 2.29. The molecule has 1 aliphatic rings. The van der Waals surface area contributed by atoms with Crippen molar-refractivity contribution in [3.05, 3.63) is 35.9 Å². The van der Waals surface area contributed by atoms with E-state index in [0.717, 1.165) is 24.2 Å². The number of hydrogen-bond donors (Lipinski definition) is 1. The van der Waals surface area contributed by atoms with Gasteiger partial charge in [0.15, 0.2) is 6.61 Å². The molecule has 0 spiro atoms. The summed E-state index contributed by atoms with van der Waals surface area (Å²) in [5.74, 6) is 1.04. The molecular formula is C20H27NO4. The Morgan fingerprint density at radius 2 is 1.92 bits per heavy atom. The first kappa shape index (κ1) is 19.0. The monoisotopic (exact) mass is 345 g/mol. The molecule has 5 heteroatoms. The molecule has 25 heavy (non-hydrogen) atoms. The molecule has 1 amide bonds. The standard InChI is InChI=1S/C20H27NO4/c1-14-5-4-6-18(15(14)2)21-19(22)13-25-20(23)12-9-16-7-10-17(24-3)11-8-16/h7-12,14-15,18H,4-6,13H2,1-3H3,(H,21,22)/b12-9+/t14-,15+,18+/m1/s1. The first-order valence-electron chi connectivity index (χ1n) is 8.78. The Hall–Kier alpha value is -2.30. The lowest BCUT2D eigenvalue weighted by Crippen LogP contribution is -2.45. The van der Waals surface area contributed by atoms with Gasteiger partial charge < -0.3 is 14.8 Å². The summed E-state index contributed by atoms with van der Waals surface area (Å²) in [4.78, 5) is 23.7. The van der Waals surface area contributed by atoms with E-state index in [0.29, 0.717) is 11.8 Å². The third kappa shape index (κ3) is 5.93. The zero-order valence-electron chi connectivity index (χ0n) is 15.2. The summed E-state index contributed by atoms with van der Waals surface area (Å²) in [5, 5.41) is 2.99. The van der Waals surface area contributed by atoms with E-state index in [1.54, 1.807) is 13.2 Å². The van der Waals surface area contributed by atoms with Crippen LogP contribution in [0, 0.1) is 11.8 Å². The lowest BCUT2D eigenvalue weighted by molar-refractivity contribution is -0.144. The van der Waals surface area contributed by atoms with Crippen molar-refractivity contribution < 1.29 is 19.1 Å². The van der Waals surface area contributed by atoms with Crippen molar-refractivity contribution in [3.8, 4) is 5.75 Å². The second-order valence-electron chi connectivity index (χ2n) is 6.66. The van der Waals surface area contributed by atoms with Gasteiger partial charge in [0.25, 0.3) is 5.91 Å². The van der Waals surface area contributed by atoms with Gasteiger partial charge in [0.05, 0.1) is 7.11 Å². The van der Waals surface area contributed by atoms with E-state index in [4.69, 9.17) is 9.47 Å². The van der Waals surface area contributed by atoms with Crippen LogP contribution in [0.3, 0.4) is 0 Å². The van der Waals surface area contributed by atoms with Gasteiger partial charge >= 0.3 is 5.97 Å². The van der Waals surface area contributed by atoms with Crippen LogP contribution in [-0.2, 0) is 14.3 Å².